The lowest BCUT2D eigenvalue weighted by Crippen LogP contribution is -2.60. The van der Waals surface area contributed by atoms with E-state index in [1.165, 1.54) is 16.2 Å². The van der Waals surface area contributed by atoms with Gasteiger partial charge in [-0.2, -0.15) is 5.10 Å². The lowest BCUT2D eigenvalue weighted by atomic mass is 9.86. The number of aryl methyl sites for hydroxylation is 2. The molecule has 27 heavy (non-hydrogen) atoms. The van der Waals surface area contributed by atoms with E-state index in [0.29, 0.717) is 13.0 Å². The van der Waals surface area contributed by atoms with Gasteiger partial charge in [-0.05, 0) is 33.7 Å². The average Bonchev–Trinajstić information content (AvgIpc) is 2.75. The molecule has 0 aliphatic carbocycles. The Balaban J connectivity index is 1.74. The van der Waals surface area contributed by atoms with E-state index in [1.807, 2.05) is 11.7 Å². The summed E-state index contributed by atoms with van der Waals surface area (Å²) in [4.78, 5) is 29.8. The number of piperazine rings is 1. The van der Waals surface area contributed by atoms with E-state index in [2.05, 4.69) is 35.8 Å². The fourth-order valence-electron chi connectivity index (χ4n) is 4.51. The summed E-state index contributed by atoms with van der Waals surface area (Å²) in [6.07, 6.45) is 2.00. The zero-order valence-corrected chi connectivity index (χ0v) is 16.9. The fourth-order valence-corrected chi connectivity index (χ4v) is 4.51. The van der Waals surface area contributed by atoms with Gasteiger partial charge in [-0.3, -0.25) is 24.1 Å². The Labute approximate surface area is 160 Å². The third kappa shape index (κ3) is 4.01. The molecule has 0 unspecified atom stereocenters. The third-order valence-corrected chi connectivity index (χ3v) is 6.45. The highest BCUT2D eigenvalue weighted by molar-refractivity contribution is 5.81. The van der Waals surface area contributed by atoms with Crippen LogP contribution in [0.1, 0.15) is 36.2 Å². The lowest BCUT2D eigenvalue weighted by molar-refractivity contribution is -0.144. The number of carbonyl (C=O) groups is 2. The zero-order chi connectivity index (χ0) is 19.8. The van der Waals surface area contributed by atoms with Crippen LogP contribution in [-0.2, 0) is 23.2 Å². The number of carbonyl (C=O) groups excluding carboxylic acids is 1. The number of aliphatic carboxylic acids is 1. The maximum absolute atomic E-state index is 12.4. The molecule has 2 saturated heterocycles. The molecule has 1 aromatic rings. The highest BCUT2D eigenvalue weighted by atomic mass is 16.4. The molecular formula is C19H31N5O3. The van der Waals surface area contributed by atoms with Crippen LogP contribution in [0, 0.1) is 13.8 Å². The van der Waals surface area contributed by atoms with Gasteiger partial charge in [-0.1, -0.05) is 0 Å². The molecule has 2 fully saturated rings. The fraction of sp³-hybridized carbons (Fsp3) is 0.737. The normalized spacial score (nSPS) is 25.2. The molecule has 1 spiro atoms. The van der Waals surface area contributed by atoms with Gasteiger partial charge in [0.1, 0.15) is 6.54 Å². The summed E-state index contributed by atoms with van der Waals surface area (Å²) in [5.41, 5.74) is 3.48. The Morgan fingerprint density at radius 1 is 1.19 bits per heavy atom. The molecule has 1 N–H and O–H groups in total. The van der Waals surface area contributed by atoms with Gasteiger partial charge < -0.3 is 10.0 Å². The van der Waals surface area contributed by atoms with Crippen LogP contribution in [0.5, 0.6) is 0 Å². The molecule has 8 nitrogen and oxygen atoms in total. The summed E-state index contributed by atoms with van der Waals surface area (Å²) >= 11 is 0. The van der Waals surface area contributed by atoms with Crippen molar-refractivity contribution >= 4 is 11.9 Å². The number of likely N-dealkylation sites (N-methyl/N-ethyl adjacent to an activating group) is 1. The number of amides is 1. The minimum atomic E-state index is -0.944. The SMILES string of the molecule is Cc1nn(C)c(C)c1CN1CCN(C)[C@]2(CCC(=O)N(CC(=O)O)CC2)C1. The van der Waals surface area contributed by atoms with E-state index in [1.54, 1.807) is 0 Å². The maximum Gasteiger partial charge on any atom is 0.323 e. The van der Waals surface area contributed by atoms with Gasteiger partial charge in [0.15, 0.2) is 0 Å². The molecule has 0 aromatic carbocycles. The Morgan fingerprint density at radius 3 is 2.56 bits per heavy atom. The molecular weight excluding hydrogens is 346 g/mol. The Bertz CT molecular complexity index is 731. The molecule has 8 heteroatoms. The van der Waals surface area contributed by atoms with Crippen LogP contribution >= 0.6 is 0 Å². The predicted molar refractivity (Wildman–Crippen MR) is 101 cm³/mol. The summed E-state index contributed by atoms with van der Waals surface area (Å²) in [5.74, 6) is -0.987. The number of nitrogens with zero attached hydrogens (tertiary/aromatic N) is 5. The second-order valence-electron chi connectivity index (χ2n) is 8.09. The number of hydrogen-bond acceptors (Lipinski definition) is 5. The highest BCUT2D eigenvalue weighted by Crippen LogP contribution is 2.33. The predicted octanol–water partition coefficient (Wildman–Crippen LogP) is 0.620. The van der Waals surface area contributed by atoms with Gasteiger partial charge >= 0.3 is 5.97 Å². The number of hydrogen-bond donors (Lipinski definition) is 1. The van der Waals surface area contributed by atoms with Crippen LogP contribution in [0.4, 0.5) is 0 Å². The lowest BCUT2D eigenvalue weighted by Gasteiger charge is -2.49. The number of carboxylic acid groups (broad SMARTS) is 1. The van der Waals surface area contributed by atoms with Gasteiger partial charge in [-0.25, -0.2) is 0 Å². The first-order chi connectivity index (χ1) is 12.7. The highest BCUT2D eigenvalue weighted by Gasteiger charge is 2.42. The van der Waals surface area contributed by atoms with Crippen LogP contribution < -0.4 is 0 Å². The van der Waals surface area contributed by atoms with Crippen LogP contribution in [-0.4, -0.2) is 86.8 Å². The molecule has 1 atom stereocenters. The molecule has 2 aliphatic rings. The second kappa shape index (κ2) is 7.59. The summed E-state index contributed by atoms with van der Waals surface area (Å²) < 4.78 is 1.94. The Morgan fingerprint density at radius 2 is 1.93 bits per heavy atom. The minimum Gasteiger partial charge on any atom is -0.480 e. The van der Waals surface area contributed by atoms with Crippen molar-refractivity contribution in [2.75, 3.05) is 39.8 Å². The molecule has 0 bridgehead atoms. The second-order valence-corrected chi connectivity index (χ2v) is 8.09. The smallest absolute Gasteiger partial charge is 0.323 e. The maximum atomic E-state index is 12.4. The monoisotopic (exact) mass is 377 g/mol. The van der Waals surface area contributed by atoms with Crippen molar-refractivity contribution in [1.82, 2.24) is 24.5 Å². The van der Waals surface area contributed by atoms with Crippen molar-refractivity contribution in [3.05, 3.63) is 17.0 Å². The van der Waals surface area contributed by atoms with Crippen LogP contribution in [0.3, 0.4) is 0 Å². The summed E-state index contributed by atoms with van der Waals surface area (Å²) in [6.45, 7) is 8.17. The minimum absolute atomic E-state index is 0.0428. The van der Waals surface area contributed by atoms with Crippen LogP contribution in [0.2, 0.25) is 0 Å². The van der Waals surface area contributed by atoms with Gasteiger partial charge in [-0.15, -0.1) is 0 Å². The Hall–Kier alpha value is -1.93. The quantitative estimate of drug-likeness (QED) is 0.828. The molecule has 1 amide bonds. The molecule has 0 saturated carbocycles. The van der Waals surface area contributed by atoms with Crippen molar-refractivity contribution in [2.24, 2.45) is 7.05 Å². The van der Waals surface area contributed by atoms with E-state index in [-0.39, 0.29) is 18.0 Å². The van der Waals surface area contributed by atoms with Gasteiger partial charge in [0.05, 0.1) is 5.69 Å². The topological polar surface area (TPSA) is 81.9 Å². The summed E-state index contributed by atoms with van der Waals surface area (Å²) in [7, 11) is 4.11. The molecule has 1 aromatic heterocycles. The van der Waals surface area contributed by atoms with Crippen molar-refractivity contribution < 1.29 is 14.7 Å². The third-order valence-electron chi connectivity index (χ3n) is 6.45. The zero-order valence-electron chi connectivity index (χ0n) is 16.9. The largest absolute Gasteiger partial charge is 0.480 e. The summed E-state index contributed by atoms with van der Waals surface area (Å²) in [5, 5.41) is 13.6. The van der Waals surface area contributed by atoms with E-state index >= 15 is 0 Å². The van der Waals surface area contributed by atoms with E-state index < -0.39 is 5.97 Å². The first-order valence-corrected chi connectivity index (χ1v) is 9.64. The number of rotatable bonds is 4. The van der Waals surface area contributed by atoms with Gasteiger partial charge in [0.2, 0.25) is 5.91 Å². The van der Waals surface area contributed by atoms with E-state index in [9.17, 15) is 9.59 Å². The first kappa shape index (κ1) is 19.8. The van der Waals surface area contributed by atoms with Gasteiger partial charge in [0, 0.05) is 63.0 Å². The molecule has 3 heterocycles. The van der Waals surface area contributed by atoms with Crippen LogP contribution in [0.15, 0.2) is 0 Å². The Kier molecular flexibility index (Phi) is 5.58. The molecule has 150 valence electrons. The van der Waals surface area contributed by atoms with Gasteiger partial charge in [0.25, 0.3) is 0 Å². The summed E-state index contributed by atoms with van der Waals surface area (Å²) in [6, 6.07) is 0. The molecule has 2 aliphatic heterocycles. The molecule has 0 radical (unpaired) electrons. The van der Waals surface area contributed by atoms with Crippen molar-refractivity contribution in [1.29, 1.82) is 0 Å². The first-order valence-electron chi connectivity index (χ1n) is 9.64. The average molecular weight is 377 g/mol. The van der Waals surface area contributed by atoms with Crippen molar-refractivity contribution in [3.63, 3.8) is 0 Å². The number of carboxylic acids is 1. The number of likely N-dealkylation sites (tertiary alicyclic amines) is 1. The van der Waals surface area contributed by atoms with Crippen molar-refractivity contribution in [3.8, 4) is 0 Å². The standard InChI is InChI=1S/C19H31N5O3/c1-14-16(15(2)22(4)20-14)11-23-10-9-21(3)19(13-23)6-5-17(25)24(8-7-19)12-18(26)27/h5-13H2,1-4H3,(H,26,27)/t19-/m0/s1. The van der Waals surface area contributed by atoms with E-state index in [4.69, 9.17) is 5.11 Å². The van der Waals surface area contributed by atoms with E-state index in [0.717, 1.165) is 44.7 Å². The number of aromatic nitrogens is 2. The van der Waals surface area contributed by atoms with Crippen LogP contribution in [0.25, 0.3) is 0 Å². The van der Waals surface area contributed by atoms with Crippen molar-refractivity contribution in [2.45, 2.75) is 45.2 Å². The molecule has 3 rings (SSSR count).